The number of unbranched alkanes of at least 4 members (excludes halogenated alkanes) is 5. The summed E-state index contributed by atoms with van der Waals surface area (Å²) in [7, 11) is 0. The second-order valence-corrected chi connectivity index (χ2v) is 7.64. The predicted octanol–water partition coefficient (Wildman–Crippen LogP) is 7.61. The van der Waals surface area contributed by atoms with Crippen LogP contribution >= 0.6 is 0 Å². The number of ether oxygens (including phenoxy) is 1. The van der Waals surface area contributed by atoms with Crippen molar-refractivity contribution in [2.24, 2.45) is 0 Å². The maximum Gasteiger partial charge on any atom is 0.343 e. The summed E-state index contributed by atoms with van der Waals surface area (Å²) in [6.07, 6.45) is 8.73. The molecule has 0 aliphatic rings. The van der Waals surface area contributed by atoms with Crippen molar-refractivity contribution in [1.82, 2.24) is 0 Å². The van der Waals surface area contributed by atoms with Gasteiger partial charge in [0.2, 0.25) is 0 Å². The molecule has 0 spiro atoms. The van der Waals surface area contributed by atoms with Crippen molar-refractivity contribution in [1.29, 1.82) is 0 Å². The topological polar surface area (TPSA) is 26.3 Å². The van der Waals surface area contributed by atoms with Crippen LogP contribution < -0.4 is 4.74 Å². The molecule has 0 aliphatic carbocycles. The number of carbonyl (C=O) groups is 1. The molecule has 0 atom stereocenters. The first-order valence-electron chi connectivity index (χ1n) is 10.8. The molecule has 0 fully saturated rings. The fraction of sp³-hybridized carbons (Fsp3) is 0.296. The highest BCUT2D eigenvalue weighted by Crippen LogP contribution is 2.23. The van der Waals surface area contributed by atoms with Crippen LogP contribution in [-0.2, 0) is 6.42 Å². The van der Waals surface area contributed by atoms with Gasteiger partial charge in [-0.3, -0.25) is 0 Å². The zero-order chi connectivity index (χ0) is 21.2. The second kappa shape index (κ2) is 11.3. The first kappa shape index (κ1) is 21.8. The van der Waals surface area contributed by atoms with Crippen LogP contribution in [0.1, 0.15) is 61.4 Å². The standard InChI is InChI=1S/C27H29FO2/c1-2-3-4-5-6-7-8-21-9-11-24(12-10-21)27(29)30-26-19-15-23(16-20-26)22-13-17-25(28)18-14-22/h9-20H,2-8H2,1H3. The number of esters is 1. The molecule has 3 aromatic rings. The summed E-state index contributed by atoms with van der Waals surface area (Å²) < 4.78 is 18.5. The Morgan fingerprint density at radius 3 is 1.93 bits per heavy atom. The lowest BCUT2D eigenvalue weighted by Gasteiger charge is -2.07. The van der Waals surface area contributed by atoms with Gasteiger partial charge in [-0.2, -0.15) is 0 Å². The van der Waals surface area contributed by atoms with Gasteiger partial charge in [-0.05, 0) is 65.9 Å². The minimum atomic E-state index is -0.365. The molecule has 0 N–H and O–H groups in total. The molecule has 0 saturated carbocycles. The number of benzene rings is 3. The van der Waals surface area contributed by atoms with Gasteiger partial charge < -0.3 is 4.74 Å². The molecule has 0 aliphatic heterocycles. The van der Waals surface area contributed by atoms with Gasteiger partial charge in [-0.15, -0.1) is 0 Å². The highest BCUT2D eigenvalue weighted by atomic mass is 19.1. The van der Waals surface area contributed by atoms with Crippen molar-refractivity contribution >= 4 is 5.97 Å². The van der Waals surface area contributed by atoms with Gasteiger partial charge in [0.1, 0.15) is 11.6 Å². The maximum atomic E-state index is 13.1. The molecular weight excluding hydrogens is 375 g/mol. The molecule has 3 heteroatoms. The van der Waals surface area contributed by atoms with E-state index in [4.69, 9.17) is 4.74 Å². The Labute approximate surface area is 178 Å². The maximum absolute atomic E-state index is 13.1. The van der Waals surface area contributed by atoms with Crippen LogP contribution in [0, 0.1) is 5.82 Å². The molecule has 2 nitrogen and oxygen atoms in total. The third-order valence-electron chi connectivity index (χ3n) is 5.25. The highest BCUT2D eigenvalue weighted by Gasteiger charge is 2.09. The van der Waals surface area contributed by atoms with E-state index in [0.717, 1.165) is 17.5 Å². The summed E-state index contributed by atoms with van der Waals surface area (Å²) in [5.41, 5.74) is 3.65. The third-order valence-corrected chi connectivity index (χ3v) is 5.25. The van der Waals surface area contributed by atoms with E-state index in [0.29, 0.717) is 11.3 Å². The van der Waals surface area contributed by atoms with Gasteiger partial charge in [0.25, 0.3) is 0 Å². The normalized spacial score (nSPS) is 10.7. The number of aryl methyl sites for hydroxylation is 1. The Morgan fingerprint density at radius 1 is 0.733 bits per heavy atom. The lowest BCUT2D eigenvalue weighted by atomic mass is 10.0. The quantitative estimate of drug-likeness (QED) is 0.197. The molecule has 0 heterocycles. The average Bonchev–Trinajstić information content (AvgIpc) is 2.78. The van der Waals surface area contributed by atoms with Crippen molar-refractivity contribution < 1.29 is 13.9 Å². The molecule has 0 aromatic heterocycles. The van der Waals surface area contributed by atoms with E-state index in [1.54, 1.807) is 24.3 Å². The van der Waals surface area contributed by atoms with E-state index in [9.17, 15) is 9.18 Å². The van der Waals surface area contributed by atoms with Gasteiger partial charge in [-0.1, -0.05) is 75.4 Å². The lowest BCUT2D eigenvalue weighted by Crippen LogP contribution is -2.08. The van der Waals surface area contributed by atoms with Crippen LogP contribution in [0.2, 0.25) is 0 Å². The number of carbonyl (C=O) groups excluding carboxylic acids is 1. The van der Waals surface area contributed by atoms with Gasteiger partial charge in [0.15, 0.2) is 0 Å². The Morgan fingerprint density at radius 2 is 1.30 bits per heavy atom. The number of hydrogen-bond donors (Lipinski definition) is 0. The molecule has 3 aromatic carbocycles. The minimum absolute atomic E-state index is 0.262. The van der Waals surface area contributed by atoms with Crippen molar-refractivity contribution in [2.45, 2.75) is 51.9 Å². The molecule has 156 valence electrons. The van der Waals surface area contributed by atoms with Gasteiger partial charge >= 0.3 is 5.97 Å². The molecule has 0 unspecified atom stereocenters. The van der Waals surface area contributed by atoms with E-state index in [1.165, 1.54) is 56.2 Å². The molecule has 30 heavy (non-hydrogen) atoms. The van der Waals surface area contributed by atoms with Crippen molar-refractivity contribution in [3.8, 4) is 16.9 Å². The van der Waals surface area contributed by atoms with Crippen molar-refractivity contribution in [3.05, 3.63) is 89.7 Å². The number of halogens is 1. The number of hydrogen-bond acceptors (Lipinski definition) is 2. The molecule has 0 saturated heterocycles. The van der Waals surface area contributed by atoms with E-state index in [1.807, 2.05) is 36.4 Å². The Kier molecular flexibility index (Phi) is 8.20. The highest BCUT2D eigenvalue weighted by molar-refractivity contribution is 5.91. The van der Waals surface area contributed by atoms with E-state index < -0.39 is 0 Å². The lowest BCUT2D eigenvalue weighted by molar-refractivity contribution is 0.0735. The van der Waals surface area contributed by atoms with Crippen LogP contribution in [0.4, 0.5) is 4.39 Å². The van der Waals surface area contributed by atoms with Crippen molar-refractivity contribution in [3.63, 3.8) is 0 Å². The molecule has 3 rings (SSSR count). The summed E-state index contributed by atoms with van der Waals surface area (Å²) >= 11 is 0. The largest absolute Gasteiger partial charge is 0.423 e. The molecule has 0 bridgehead atoms. The Bertz CT molecular complexity index is 913. The fourth-order valence-electron chi connectivity index (χ4n) is 3.44. The van der Waals surface area contributed by atoms with Gasteiger partial charge in [0.05, 0.1) is 5.56 Å². The first-order chi connectivity index (χ1) is 14.7. The van der Waals surface area contributed by atoms with Crippen LogP contribution in [0.3, 0.4) is 0 Å². The average molecular weight is 405 g/mol. The Balaban J connectivity index is 1.50. The summed E-state index contributed by atoms with van der Waals surface area (Å²) in [6, 6.07) is 21.2. The third kappa shape index (κ3) is 6.55. The minimum Gasteiger partial charge on any atom is -0.423 e. The van der Waals surface area contributed by atoms with Crippen LogP contribution in [-0.4, -0.2) is 5.97 Å². The summed E-state index contributed by atoms with van der Waals surface area (Å²) in [4.78, 5) is 12.4. The first-order valence-corrected chi connectivity index (χ1v) is 10.8. The predicted molar refractivity (Wildman–Crippen MR) is 120 cm³/mol. The second-order valence-electron chi connectivity index (χ2n) is 7.64. The van der Waals surface area contributed by atoms with Crippen LogP contribution in [0.25, 0.3) is 11.1 Å². The SMILES string of the molecule is CCCCCCCCc1ccc(C(=O)Oc2ccc(-c3ccc(F)cc3)cc2)cc1. The zero-order valence-corrected chi connectivity index (χ0v) is 17.6. The van der Waals surface area contributed by atoms with E-state index in [2.05, 4.69) is 6.92 Å². The smallest absolute Gasteiger partial charge is 0.343 e. The summed E-state index contributed by atoms with van der Waals surface area (Å²) in [5, 5.41) is 0. The van der Waals surface area contributed by atoms with Gasteiger partial charge in [0, 0.05) is 0 Å². The zero-order valence-electron chi connectivity index (χ0n) is 17.6. The summed E-state index contributed by atoms with van der Waals surface area (Å²) in [6.45, 7) is 2.23. The van der Waals surface area contributed by atoms with E-state index in [-0.39, 0.29) is 11.8 Å². The van der Waals surface area contributed by atoms with Crippen LogP contribution in [0.15, 0.2) is 72.8 Å². The van der Waals surface area contributed by atoms with Gasteiger partial charge in [-0.25, -0.2) is 9.18 Å². The summed E-state index contributed by atoms with van der Waals surface area (Å²) in [5.74, 6) is -0.139. The Hall–Kier alpha value is -2.94. The van der Waals surface area contributed by atoms with Crippen LogP contribution in [0.5, 0.6) is 5.75 Å². The fourth-order valence-corrected chi connectivity index (χ4v) is 3.44. The monoisotopic (exact) mass is 404 g/mol. The van der Waals surface area contributed by atoms with Crippen molar-refractivity contribution in [2.75, 3.05) is 0 Å². The molecule has 0 amide bonds. The molecular formula is C27H29FO2. The number of rotatable bonds is 10. The molecule has 0 radical (unpaired) electrons. The van der Waals surface area contributed by atoms with E-state index >= 15 is 0 Å².